The molecule has 0 amide bonds. The molecule has 0 aliphatic rings. The van der Waals surface area contributed by atoms with Gasteiger partial charge in [-0.05, 0) is 0 Å². The molecule has 12 heavy (non-hydrogen) atoms. The molecule has 1 aromatic rings. The van der Waals surface area contributed by atoms with E-state index in [1.165, 1.54) is 13.6 Å². The van der Waals surface area contributed by atoms with E-state index >= 15 is 0 Å². The number of carbonyl (C=O) groups excluding carboxylic acids is 1. The number of hydrogen-bond acceptors (Lipinski definition) is 4. The standard InChI is InChI=1S/C3HBNOS.C2H3O2.Y/c4-2-1-6-3(7)5-2;1-4-2-3;/h(H,5,7);1H3;/q2*-1;. The maximum atomic E-state index is 8.83. The van der Waals surface area contributed by atoms with E-state index < -0.39 is 0 Å². The van der Waals surface area contributed by atoms with Gasteiger partial charge < -0.3 is 18.9 Å². The minimum atomic E-state index is 0. The Morgan fingerprint density at radius 1 is 1.83 bits per heavy atom. The van der Waals surface area contributed by atoms with Crippen molar-refractivity contribution in [1.82, 2.24) is 4.98 Å². The first kappa shape index (κ1) is 14.6. The largest absolute Gasteiger partial charge is 0.655 e. The summed E-state index contributed by atoms with van der Waals surface area (Å²) >= 11 is 4.50. The van der Waals surface area contributed by atoms with Crippen molar-refractivity contribution in [3.8, 4) is 0 Å². The summed E-state index contributed by atoms with van der Waals surface area (Å²) in [5.74, 6) is 0. The van der Waals surface area contributed by atoms with Gasteiger partial charge in [0.2, 0.25) is 0 Å². The Labute approximate surface area is 101 Å². The van der Waals surface area contributed by atoms with Gasteiger partial charge in [-0.2, -0.15) is 0 Å². The topological polar surface area (TPSA) is 55.2 Å². The average Bonchev–Trinajstić information content (AvgIpc) is 2.35. The second kappa shape index (κ2) is 9.16. The Kier molecular flexibility index (Phi) is 11.1. The van der Waals surface area contributed by atoms with Crippen LogP contribution in [0.25, 0.3) is 0 Å². The van der Waals surface area contributed by atoms with Crippen LogP contribution >= 0.6 is 12.2 Å². The second-order valence-electron chi connectivity index (χ2n) is 1.32. The monoisotopic (exact) mass is 258 g/mol. The van der Waals surface area contributed by atoms with Gasteiger partial charge in [-0.25, -0.2) is 0 Å². The molecule has 4 nitrogen and oxygen atoms in total. The molecule has 61 valence electrons. The molecule has 0 unspecified atom stereocenters. The number of H-pyrrole nitrogens is 1. The first-order chi connectivity index (χ1) is 5.20. The molecule has 1 rings (SSSR count). The van der Waals surface area contributed by atoms with Gasteiger partial charge in [0.05, 0.1) is 0 Å². The molecule has 0 atom stereocenters. The van der Waals surface area contributed by atoms with Crippen molar-refractivity contribution in [3.05, 3.63) is 11.1 Å². The Hall–Kier alpha value is 0.0688. The fourth-order valence-corrected chi connectivity index (χ4v) is 0.414. The van der Waals surface area contributed by atoms with Gasteiger partial charge in [-0.15, -0.1) is 17.8 Å². The predicted octanol–water partition coefficient (Wildman–Crippen LogP) is -0.371. The van der Waals surface area contributed by atoms with Gasteiger partial charge in [0.15, 0.2) is 0 Å². The summed E-state index contributed by atoms with van der Waals surface area (Å²) in [5, 5.41) is 0. The van der Waals surface area contributed by atoms with Gasteiger partial charge in [0.25, 0.3) is 0 Å². The first-order valence-corrected chi connectivity index (χ1v) is 2.88. The summed E-state index contributed by atoms with van der Waals surface area (Å²) in [6.07, 6.45) is 2.31. The van der Waals surface area contributed by atoms with E-state index in [4.69, 9.17) is 12.6 Å². The number of hydrogen-bond donors (Lipinski definition) is 1. The molecule has 1 heterocycles. The molecule has 0 bridgehead atoms. The zero-order valence-corrected chi connectivity index (χ0v) is 9.94. The van der Waals surface area contributed by atoms with Crippen molar-refractivity contribution in [2.45, 2.75) is 0 Å². The smallest absolute Gasteiger partial charge is 0.111 e. The number of methoxy groups -OCH3 is 1. The third kappa shape index (κ3) is 8.17. The third-order valence-corrected chi connectivity index (χ3v) is 0.759. The van der Waals surface area contributed by atoms with Crippen molar-refractivity contribution in [1.29, 1.82) is 0 Å². The van der Waals surface area contributed by atoms with Crippen LogP contribution in [0.3, 0.4) is 0 Å². The van der Waals surface area contributed by atoms with Crippen LogP contribution in [0.5, 0.6) is 0 Å². The SMILES string of the molecule is CO[C-]=O.[B]c1[c-]oc(=S)[nH]1.[Y]. The Morgan fingerprint density at radius 2 is 2.33 bits per heavy atom. The second-order valence-corrected chi connectivity index (χ2v) is 1.69. The van der Waals surface area contributed by atoms with E-state index in [1.807, 2.05) is 0 Å². The quantitative estimate of drug-likeness (QED) is 0.424. The van der Waals surface area contributed by atoms with Crippen LogP contribution in [0.2, 0.25) is 0 Å². The minimum Gasteiger partial charge on any atom is -0.655 e. The summed E-state index contributed by atoms with van der Waals surface area (Å²) in [4.78, 5) is 11.6. The summed E-state index contributed by atoms with van der Waals surface area (Å²) in [6.45, 7) is 1.18. The molecule has 0 aromatic carbocycles. The molecule has 0 saturated heterocycles. The molecular weight excluding hydrogens is 254 g/mol. The zero-order valence-electron chi connectivity index (χ0n) is 6.29. The maximum absolute atomic E-state index is 8.83. The minimum absolute atomic E-state index is 0. The van der Waals surface area contributed by atoms with E-state index in [9.17, 15) is 0 Å². The Bertz CT molecular complexity index is 261. The molecule has 0 aliphatic heterocycles. The number of oxazole rings is 1. The molecule has 3 radical (unpaired) electrons. The fraction of sp³-hybridized carbons (Fsp3) is 0.200. The summed E-state index contributed by atoms with van der Waals surface area (Å²) in [5.41, 5.74) is 0.338. The van der Waals surface area contributed by atoms with Crippen molar-refractivity contribution < 1.29 is 46.7 Å². The third-order valence-electron chi connectivity index (χ3n) is 0.574. The summed E-state index contributed by atoms with van der Waals surface area (Å²) in [6, 6.07) is 0. The van der Waals surface area contributed by atoms with Crippen LogP contribution in [0.15, 0.2) is 4.42 Å². The summed E-state index contributed by atoms with van der Waals surface area (Å²) in [7, 11) is 6.36. The number of ether oxygens (including phenoxy) is 1. The van der Waals surface area contributed by atoms with E-state index in [0.717, 1.165) is 0 Å². The van der Waals surface area contributed by atoms with E-state index in [1.54, 1.807) is 0 Å². The molecule has 1 aromatic heterocycles. The molecular formula is C5H4BNO3SY-2. The number of nitrogens with one attached hydrogen (secondary N) is 1. The van der Waals surface area contributed by atoms with E-state index in [-0.39, 0.29) is 37.5 Å². The number of aromatic nitrogens is 1. The maximum Gasteiger partial charge on any atom is 0.111 e. The molecule has 0 saturated carbocycles. The number of aromatic amines is 1. The Morgan fingerprint density at radius 3 is 2.42 bits per heavy atom. The van der Waals surface area contributed by atoms with Crippen LogP contribution in [-0.4, -0.2) is 26.4 Å². The molecule has 7 heteroatoms. The van der Waals surface area contributed by atoms with Crippen LogP contribution in [-0.2, 0) is 42.2 Å². The van der Waals surface area contributed by atoms with Crippen molar-refractivity contribution >= 4 is 32.1 Å². The average molecular weight is 258 g/mol. The van der Waals surface area contributed by atoms with Crippen molar-refractivity contribution in [3.63, 3.8) is 0 Å². The number of rotatable bonds is 1. The van der Waals surface area contributed by atoms with Gasteiger partial charge in [0.1, 0.15) is 12.7 Å². The Balaban J connectivity index is 0. The van der Waals surface area contributed by atoms with Crippen LogP contribution < -0.4 is 5.59 Å². The molecule has 1 N–H and O–H groups in total. The van der Waals surface area contributed by atoms with Crippen molar-refractivity contribution in [2.24, 2.45) is 0 Å². The van der Waals surface area contributed by atoms with Crippen molar-refractivity contribution in [2.75, 3.05) is 7.11 Å². The molecule has 0 fully saturated rings. The normalized spacial score (nSPS) is 7.08. The van der Waals surface area contributed by atoms with Crippen LogP contribution in [0.1, 0.15) is 0 Å². The van der Waals surface area contributed by atoms with Gasteiger partial charge in [0, 0.05) is 39.8 Å². The zero-order chi connectivity index (χ0) is 8.69. The molecule has 0 aliphatic carbocycles. The van der Waals surface area contributed by atoms with Gasteiger partial charge in [-0.3, -0.25) is 0 Å². The fourth-order valence-electron chi connectivity index (χ4n) is 0.262. The van der Waals surface area contributed by atoms with E-state index in [0.29, 0.717) is 5.59 Å². The van der Waals surface area contributed by atoms with Gasteiger partial charge >= 0.3 is 0 Å². The first-order valence-electron chi connectivity index (χ1n) is 2.47. The van der Waals surface area contributed by atoms with Crippen LogP contribution in [0.4, 0.5) is 0 Å². The van der Waals surface area contributed by atoms with E-state index in [2.05, 4.69) is 32.6 Å². The summed E-state index contributed by atoms with van der Waals surface area (Å²) < 4.78 is 8.21. The van der Waals surface area contributed by atoms with Gasteiger partial charge in [-0.1, -0.05) is 12.7 Å². The predicted molar refractivity (Wildman–Crippen MR) is 40.8 cm³/mol. The van der Waals surface area contributed by atoms with Crippen LogP contribution in [0, 0.1) is 11.1 Å². The molecule has 0 spiro atoms.